The smallest absolute Gasteiger partial charge is 0.326 e. The molecule has 2 heterocycles. The molecule has 1 atom stereocenters. The Kier molecular flexibility index (Phi) is 5.71. The second-order valence-electron chi connectivity index (χ2n) is 7.13. The van der Waals surface area contributed by atoms with Crippen LogP contribution in [-0.2, 0) is 11.3 Å². The highest BCUT2D eigenvalue weighted by atomic mass is 16.4. The van der Waals surface area contributed by atoms with Gasteiger partial charge in [0.05, 0.1) is 0 Å². The molecule has 0 radical (unpaired) electrons. The Balaban J connectivity index is 1.69. The predicted octanol–water partition coefficient (Wildman–Crippen LogP) is 1.51. The summed E-state index contributed by atoms with van der Waals surface area (Å²) in [7, 11) is 2.13. The molecule has 1 amide bonds. The van der Waals surface area contributed by atoms with Crippen LogP contribution >= 0.6 is 0 Å². The number of piperidine rings is 1. The van der Waals surface area contributed by atoms with Gasteiger partial charge in [0.25, 0.3) is 5.91 Å². The minimum absolute atomic E-state index is 0.160. The molecule has 3 rings (SSSR count). The molecule has 2 fully saturated rings. The van der Waals surface area contributed by atoms with Gasteiger partial charge in [0.15, 0.2) is 0 Å². The maximum atomic E-state index is 12.8. The minimum atomic E-state index is -0.901. The van der Waals surface area contributed by atoms with E-state index in [1.165, 1.54) is 4.90 Å². The van der Waals surface area contributed by atoms with Crippen molar-refractivity contribution in [2.24, 2.45) is 0 Å². The molecule has 2 saturated heterocycles. The Hall–Kier alpha value is -1.92. The van der Waals surface area contributed by atoms with E-state index in [4.69, 9.17) is 0 Å². The normalized spacial score (nSPS) is 22.8. The number of hydrogen-bond donors (Lipinski definition) is 1. The second-order valence-corrected chi connectivity index (χ2v) is 7.13. The molecule has 1 aromatic carbocycles. The van der Waals surface area contributed by atoms with Gasteiger partial charge in [-0.15, -0.1) is 0 Å². The highest BCUT2D eigenvalue weighted by Crippen LogP contribution is 2.21. The van der Waals surface area contributed by atoms with Crippen molar-refractivity contribution in [3.05, 3.63) is 35.4 Å². The van der Waals surface area contributed by atoms with Crippen molar-refractivity contribution in [2.45, 2.75) is 31.8 Å². The van der Waals surface area contributed by atoms with E-state index >= 15 is 0 Å². The fourth-order valence-electron chi connectivity index (χ4n) is 3.66. The van der Waals surface area contributed by atoms with Crippen LogP contribution in [0.4, 0.5) is 0 Å². The van der Waals surface area contributed by atoms with E-state index in [0.29, 0.717) is 18.5 Å². The average Bonchev–Trinajstić information content (AvgIpc) is 2.63. The molecule has 0 bridgehead atoms. The van der Waals surface area contributed by atoms with Gasteiger partial charge in [0.1, 0.15) is 6.04 Å². The number of carboxylic acids is 1. The molecule has 136 valence electrons. The van der Waals surface area contributed by atoms with Crippen molar-refractivity contribution in [3.8, 4) is 0 Å². The van der Waals surface area contributed by atoms with E-state index in [2.05, 4.69) is 16.8 Å². The molecule has 2 aliphatic heterocycles. The average molecular weight is 345 g/mol. The maximum Gasteiger partial charge on any atom is 0.326 e. The van der Waals surface area contributed by atoms with Gasteiger partial charge < -0.3 is 14.9 Å². The summed E-state index contributed by atoms with van der Waals surface area (Å²) in [6, 6.07) is 6.97. The summed E-state index contributed by atoms with van der Waals surface area (Å²) in [6.07, 6.45) is 2.28. The standard InChI is InChI=1S/C19H27N3O3/c1-20-9-11-21(12-10-20)14-15-5-4-6-16(13-15)18(23)22-8-3-2-7-17(22)19(24)25/h4-6,13,17H,2-3,7-12,14H2,1H3,(H,24,25). The first-order valence-electron chi connectivity index (χ1n) is 9.08. The zero-order valence-electron chi connectivity index (χ0n) is 14.9. The van der Waals surface area contributed by atoms with Crippen LogP contribution in [0.5, 0.6) is 0 Å². The fourth-order valence-corrected chi connectivity index (χ4v) is 3.66. The lowest BCUT2D eigenvalue weighted by molar-refractivity contribution is -0.143. The topological polar surface area (TPSA) is 64.1 Å². The minimum Gasteiger partial charge on any atom is -0.480 e. The largest absolute Gasteiger partial charge is 0.480 e. The first-order chi connectivity index (χ1) is 12.0. The van der Waals surface area contributed by atoms with Gasteiger partial charge in [-0.25, -0.2) is 4.79 Å². The molecule has 25 heavy (non-hydrogen) atoms. The summed E-state index contributed by atoms with van der Waals surface area (Å²) in [6.45, 7) is 5.54. The summed E-state index contributed by atoms with van der Waals surface area (Å²) in [5.41, 5.74) is 1.71. The van der Waals surface area contributed by atoms with Crippen LogP contribution in [0.15, 0.2) is 24.3 Å². The number of likely N-dealkylation sites (N-methyl/N-ethyl adjacent to an activating group) is 1. The molecule has 0 saturated carbocycles. The molecule has 2 aliphatic rings. The molecule has 0 aromatic heterocycles. The van der Waals surface area contributed by atoms with E-state index in [0.717, 1.165) is 51.1 Å². The lowest BCUT2D eigenvalue weighted by Gasteiger charge is -2.33. The van der Waals surface area contributed by atoms with Gasteiger partial charge in [-0.05, 0) is 44.0 Å². The van der Waals surface area contributed by atoms with Crippen molar-refractivity contribution in [2.75, 3.05) is 39.8 Å². The molecule has 1 aromatic rings. The van der Waals surface area contributed by atoms with Gasteiger partial charge in [0, 0.05) is 44.8 Å². The third-order valence-corrected chi connectivity index (χ3v) is 5.22. The Morgan fingerprint density at radius 3 is 2.60 bits per heavy atom. The van der Waals surface area contributed by atoms with E-state index < -0.39 is 12.0 Å². The van der Waals surface area contributed by atoms with E-state index in [9.17, 15) is 14.7 Å². The van der Waals surface area contributed by atoms with Gasteiger partial charge >= 0.3 is 5.97 Å². The third-order valence-electron chi connectivity index (χ3n) is 5.22. The second kappa shape index (κ2) is 7.97. The van der Waals surface area contributed by atoms with Crippen LogP contribution in [0, 0.1) is 0 Å². The van der Waals surface area contributed by atoms with E-state index in [1.807, 2.05) is 18.2 Å². The quantitative estimate of drug-likeness (QED) is 0.896. The van der Waals surface area contributed by atoms with Crippen LogP contribution in [0.1, 0.15) is 35.2 Å². The summed E-state index contributed by atoms with van der Waals surface area (Å²) in [5, 5.41) is 9.39. The molecule has 1 unspecified atom stereocenters. The van der Waals surface area contributed by atoms with Crippen LogP contribution in [-0.4, -0.2) is 77.5 Å². The molecule has 6 nitrogen and oxygen atoms in total. The number of hydrogen-bond acceptors (Lipinski definition) is 4. The van der Waals surface area contributed by atoms with Crippen molar-refractivity contribution in [1.82, 2.24) is 14.7 Å². The number of aliphatic carboxylic acids is 1. The summed E-state index contributed by atoms with van der Waals surface area (Å²) in [4.78, 5) is 30.5. The number of likely N-dealkylation sites (tertiary alicyclic amines) is 1. The number of piperazine rings is 1. The Morgan fingerprint density at radius 1 is 1.12 bits per heavy atom. The summed E-state index contributed by atoms with van der Waals surface area (Å²) < 4.78 is 0. The summed E-state index contributed by atoms with van der Waals surface area (Å²) >= 11 is 0. The number of rotatable bonds is 4. The fraction of sp³-hybridized carbons (Fsp3) is 0.579. The number of carbonyl (C=O) groups excluding carboxylic acids is 1. The summed E-state index contributed by atoms with van der Waals surface area (Å²) in [5.74, 6) is -1.06. The lowest BCUT2D eigenvalue weighted by atomic mass is 10.0. The Labute approximate surface area is 149 Å². The molecule has 0 aliphatic carbocycles. The Morgan fingerprint density at radius 2 is 1.88 bits per heavy atom. The van der Waals surface area contributed by atoms with Crippen LogP contribution in [0.3, 0.4) is 0 Å². The highest BCUT2D eigenvalue weighted by Gasteiger charge is 2.32. The number of nitrogens with zero attached hydrogens (tertiary/aromatic N) is 3. The first-order valence-corrected chi connectivity index (χ1v) is 9.08. The van der Waals surface area contributed by atoms with Crippen molar-refractivity contribution < 1.29 is 14.7 Å². The third kappa shape index (κ3) is 4.38. The number of carboxylic acid groups (broad SMARTS) is 1. The number of benzene rings is 1. The number of carbonyl (C=O) groups is 2. The monoisotopic (exact) mass is 345 g/mol. The van der Waals surface area contributed by atoms with Gasteiger partial charge in [-0.2, -0.15) is 0 Å². The van der Waals surface area contributed by atoms with E-state index in [-0.39, 0.29) is 5.91 Å². The predicted molar refractivity (Wildman–Crippen MR) is 95.5 cm³/mol. The molecular formula is C19H27N3O3. The molecule has 1 N–H and O–H groups in total. The zero-order valence-corrected chi connectivity index (χ0v) is 14.9. The van der Waals surface area contributed by atoms with Crippen LogP contribution < -0.4 is 0 Å². The molecule has 6 heteroatoms. The highest BCUT2D eigenvalue weighted by molar-refractivity contribution is 5.96. The number of amides is 1. The Bertz CT molecular complexity index is 626. The SMILES string of the molecule is CN1CCN(Cc2cccc(C(=O)N3CCCCC3C(=O)O)c2)CC1. The van der Waals surface area contributed by atoms with Gasteiger partial charge in [-0.3, -0.25) is 9.69 Å². The zero-order chi connectivity index (χ0) is 17.8. The van der Waals surface area contributed by atoms with Gasteiger partial charge in [-0.1, -0.05) is 12.1 Å². The van der Waals surface area contributed by atoms with Crippen molar-refractivity contribution in [3.63, 3.8) is 0 Å². The van der Waals surface area contributed by atoms with Gasteiger partial charge in [0.2, 0.25) is 0 Å². The van der Waals surface area contributed by atoms with Crippen LogP contribution in [0.2, 0.25) is 0 Å². The van der Waals surface area contributed by atoms with Crippen LogP contribution in [0.25, 0.3) is 0 Å². The first kappa shape index (κ1) is 17.9. The van der Waals surface area contributed by atoms with Crippen molar-refractivity contribution >= 4 is 11.9 Å². The maximum absolute atomic E-state index is 12.8. The molecular weight excluding hydrogens is 318 g/mol. The molecule has 0 spiro atoms. The lowest BCUT2D eigenvalue weighted by Crippen LogP contribution is -2.48. The van der Waals surface area contributed by atoms with Crippen molar-refractivity contribution in [1.29, 1.82) is 0 Å². The van der Waals surface area contributed by atoms with E-state index in [1.54, 1.807) is 6.07 Å².